The van der Waals surface area contributed by atoms with E-state index in [-0.39, 0.29) is 25.7 Å². The number of hydrogen-bond acceptors (Lipinski definition) is 7. The largest absolute Gasteiger partial charge is 0.481 e. The van der Waals surface area contributed by atoms with Crippen molar-refractivity contribution in [2.24, 2.45) is 17.4 Å². The number of amides is 4. The number of carbonyl (C=O) groups excluding carboxylic acids is 4. The number of aliphatic carboxylic acids is 2. The fourth-order valence-corrected chi connectivity index (χ4v) is 3.37. The van der Waals surface area contributed by atoms with Crippen molar-refractivity contribution in [3.63, 3.8) is 0 Å². The quantitative estimate of drug-likeness (QED) is 0.139. The van der Waals surface area contributed by atoms with Crippen LogP contribution in [0.2, 0.25) is 0 Å². The second kappa shape index (κ2) is 15.2. The Balaban J connectivity index is 2.95. The summed E-state index contributed by atoms with van der Waals surface area (Å²) in [7, 11) is 0. The van der Waals surface area contributed by atoms with Gasteiger partial charge in [0.25, 0.3) is 0 Å². The Labute approximate surface area is 214 Å². The van der Waals surface area contributed by atoms with E-state index in [2.05, 4.69) is 16.0 Å². The molecular weight excluding hydrogens is 486 g/mol. The molecule has 0 spiro atoms. The van der Waals surface area contributed by atoms with E-state index in [1.54, 1.807) is 38.1 Å². The number of carboxylic acids is 2. The van der Waals surface area contributed by atoms with Crippen molar-refractivity contribution in [2.45, 2.75) is 70.1 Å². The molecule has 0 heterocycles. The number of nitrogens with two attached hydrogens (primary N) is 2. The summed E-state index contributed by atoms with van der Waals surface area (Å²) in [6, 6.07) is 4.01. The number of carboxylic acid groups (broad SMARTS) is 2. The predicted octanol–water partition coefficient (Wildman–Crippen LogP) is -1.12. The molecule has 1 rings (SSSR count). The van der Waals surface area contributed by atoms with Gasteiger partial charge in [0, 0.05) is 12.8 Å². The molecule has 13 nitrogen and oxygen atoms in total. The SMILES string of the molecule is CC(C)C(NC(=O)C(CCC(N)=O)NC(=O)C(N)Cc1ccccc1)C(=O)NC(CCC(=O)O)C(=O)O. The smallest absolute Gasteiger partial charge is 0.326 e. The van der Waals surface area contributed by atoms with Crippen LogP contribution >= 0.6 is 0 Å². The Morgan fingerprint density at radius 2 is 1.38 bits per heavy atom. The summed E-state index contributed by atoms with van der Waals surface area (Å²) in [5.74, 6) is -6.17. The number of nitrogens with one attached hydrogen (secondary N) is 3. The van der Waals surface area contributed by atoms with E-state index in [1.165, 1.54) is 0 Å². The normalized spacial score (nSPS) is 14.1. The van der Waals surface area contributed by atoms with Gasteiger partial charge in [0.1, 0.15) is 18.1 Å². The van der Waals surface area contributed by atoms with E-state index in [1.807, 2.05) is 6.07 Å². The van der Waals surface area contributed by atoms with Gasteiger partial charge in [-0.05, 0) is 30.7 Å². The van der Waals surface area contributed by atoms with Crippen molar-refractivity contribution in [2.75, 3.05) is 0 Å². The topological polar surface area (TPSA) is 231 Å². The molecule has 0 aliphatic heterocycles. The van der Waals surface area contributed by atoms with Crippen LogP contribution in [0.3, 0.4) is 0 Å². The molecule has 204 valence electrons. The summed E-state index contributed by atoms with van der Waals surface area (Å²) in [4.78, 5) is 72.0. The number of hydrogen-bond donors (Lipinski definition) is 7. The molecule has 0 bridgehead atoms. The van der Waals surface area contributed by atoms with E-state index in [0.29, 0.717) is 0 Å². The molecule has 0 radical (unpaired) electrons. The molecule has 4 atom stereocenters. The van der Waals surface area contributed by atoms with Crippen molar-refractivity contribution in [3.05, 3.63) is 35.9 Å². The second-order valence-electron chi connectivity index (χ2n) is 8.92. The lowest BCUT2D eigenvalue weighted by Crippen LogP contribution is -2.58. The third-order valence-electron chi connectivity index (χ3n) is 5.46. The molecule has 0 aliphatic rings. The number of benzene rings is 1. The average molecular weight is 522 g/mol. The Bertz CT molecular complexity index is 969. The highest BCUT2D eigenvalue weighted by molar-refractivity contribution is 5.94. The summed E-state index contributed by atoms with van der Waals surface area (Å²) in [6.07, 6.45) is -1.04. The Kier molecular flexibility index (Phi) is 12.7. The Morgan fingerprint density at radius 1 is 0.811 bits per heavy atom. The predicted molar refractivity (Wildman–Crippen MR) is 132 cm³/mol. The highest BCUT2D eigenvalue weighted by Crippen LogP contribution is 2.08. The number of carbonyl (C=O) groups is 6. The first-order valence-electron chi connectivity index (χ1n) is 11.7. The fraction of sp³-hybridized carbons (Fsp3) is 0.500. The minimum absolute atomic E-state index is 0.159. The fourth-order valence-electron chi connectivity index (χ4n) is 3.37. The maximum atomic E-state index is 13.0. The zero-order chi connectivity index (χ0) is 28.1. The monoisotopic (exact) mass is 521 g/mol. The lowest BCUT2D eigenvalue weighted by atomic mass is 10.0. The summed E-state index contributed by atoms with van der Waals surface area (Å²) in [6.45, 7) is 3.20. The van der Waals surface area contributed by atoms with Crippen LogP contribution in [0.5, 0.6) is 0 Å². The summed E-state index contributed by atoms with van der Waals surface area (Å²) in [5.41, 5.74) is 12.0. The van der Waals surface area contributed by atoms with E-state index in [9.17, 15) is 33.9 Å². The Morgan fingerprint density at radius 3 is 1.89 bits per heavy atom. The molecule has 0 aromatic heterocycles. The molecule has 4 amide bonds. The maximum absolute atomic E-state index is 13.0. The van der Waals surface area contributed by atoms with Crippen molar-refractivity contribution in [3.8, 4) is 0 Å². The molecule has 37 heavy (non-hydrogen) atoms. The van der Waals surface area contributed by atoms with Gasteiger partial charge < -0.3 is 37.6 Å². The first-order chi connectivity index (χ1) is 17.3. The molecule has 0 aliphatic carbocycles. The van der Waals surface area contributed by atoms with E-state index >= 15 is 0 Å². The molecule has 0 saturated carbocycles. The van der Waals surface area contributed by atoms with E-state index < -0.39 is 72.1 Å². The Hall–Kier alpha value is -4.00. The highest BCUT2D eigenvalue weighted by Gasteiger charge is 2.32. The molecule has 9 N–H and O–H groups in total. The second-order valence-corrected chi connectivity index (χ2v) is 8.92. The third kappa shape index (κ3) is 11.5. The van der Waals surface area contributed by atoms with Gasteiger partial charge in [0.15, 0.2) is 0 Å². The van der Waals surface area contributed by atoms with Crippen LogP contribution < -0.4 is 27.4 Å². The van der Waals surface area contributed by atoms with Crippen LogP contribution in [-0.2, 0) is 35.2 Å². The standard InChI is InChI=1S/C24H35N5O8/c1-13(2)20(23(35)28-17(24(36)37)9-11-19(31)32)29-22(34)16(8-10-18(26)30)27-21(33)15(25)12-14-6-4-3-5-7-14/h3-7,13,15-17,20H,8-12,25H2,1-2H3,(H2,26,30)(H,27,33)(H,28,35)(H,29,34)(H,31,32)(H,36,37). The van der Waals surface area contributed by atoms with Crippen molar-refractivity contribution < 1.29 is 39.0 Å². The summed E-state index contributed by atoms with van der Waals surface area (Å²) >= 11 is 0. The zero-order valence-corrected chi connectivity index (χ0v) is 20.8. The van der Waals surface area contributed by atoms with Gasteiger partial charge in [-0.2, -0.15) is 0 Å². The molecule has 4 unspecified atom stereocenters. The lowest BCUT2D eigenvalue weighted by Gasteiger charge is -2.27. The van der Waals surface area contributed by atoms with Crippen LogP contribution in [-0.4, -0.2) is 69.9 Å². The van der Waals surface area contributed by atoms with Gasteiger partial charge in [-0.3, -0.25) is 24.0 Å². The molecule has 13 heteroatoms. The van der Waals surface area contributed by atoms with Crippen molar-refractivity contribution >= 4 is 35.6 Å². The number of rotatable bonds is 16. The van der Waals surface area contributed by atoms with Crippen LogP contribution in [0, 0.1) is 5.92 Å². The molecule has 1 aromatic rings. The van der Waals surface area contributed by atoms with Crippen molar-refractivity contribution in [1.29, 1.82) is 0 Å². The van der Waals surface area contributed by atoms with E-state index in [4.69, 9.17) is 16.6 Å². The molecular formula is C24H35N5O8. The van der Waals surface area contributed by atoms with E-state index in [0.717, 1.165) is 5.56 Å². The number of primary amides is 1. The first kappa shape index (κ1) is 31.0. The summed E-state index contributed by atoms with van der Waals surface area (Å²) in [5, 5.41) is 25.3. The van der Waals surface area contributed by atoms with Crippen LogP contribution in [0.1, 0.15) is 45.1 Å². The first-order valence-corrected chi connectivity index (χ1v) is 11.7. The van der Waals surface area contributed by atoms with Gasteiger partial charge in [-0.1, -0.05) is 44.2 Å². The third-order valence-corrected chi connectivity index (χ3v) is 5.46. The average Bonchev–Trinajstić information content (AvgIpc) is 2.82. The van der Waals surface area contributed by atoms with Crippen LogP contribution in [0.15, 0.2) is 30.3 Å². The van der Waals surface area contributed by atoms with Crippen molar-refractivity contribution in [1.82, 2.24) is 16.0 Å². The van der Waals surface area contributed by atoms with Gasteiger partial charge >= 0.3 is 11.9 Å². The van der Waals surface area contributed by atoms with Gasteiger partial charge in [0.05, 0.1) is 6.04 Å². The van der Waals surface area contributed by atoms with Crippen LogP contribution in [0.4, 0.5) is 0 Å². The summed E-state index contributed by atoms with van der Waals surface area (Å²) < 4.78 is 0. The van der Waals surface area contributed by atoms with Gasteiger partial charge in [0.2, 0.25) is 23.6 Å². The minimum atomic E-state index is -1.48. The molecule has 1 aromatic carbocycles. The zero-order valence-electron chi connectivity index (χ0n) is 20.8. The van der Waals surface area contributed by atoms with Gasteiger partial charge in [-0.15, -0.1) is 0 Å². The minimum Gasteiger partial charge on any atom is -0.481 e. The molecule has 0 saturated heterocycles. The van der Waals surface area contributed by atoms with Gasteiger partial charge in [-0.25, -0.2) is 4.79 Å². The maximum Gasteiger partial charge on any atom is 0.326 e. The lowest BCUT2D eigenvalue weighted by molar-refractivity contribution is -0.143. The highest BCUT2D eigenvalue weighted by atomic mass is 16.4. The molecule has 0 fully saturated rings. The van der Waals surface area contributed by atoms with Crippen LogP contribution in [0.25, 0.3) is 0 Å².